The summed E-state index contributed by atoms with van der Waals surface area (Å²) in [6.07, 6.45) is -0.467. The minimum atomic E-state index is -0.467. The van der Waals surface area contributed by atoms with Gasteiger partial charge in [-0.1, -0.05) is 6.07 Å². The van der Waals surface area contributed by atoms with E-state index in [-0.39, 0.29) is 0 Å². The normalized spacial score (nSPS) is 12.6. The van der Waals surface area contributed by atoms with Crippen molar-refractivity contribution in [2.24, 2.45) is 0 Å². The van der Waals surface area contributed by atoms with Crippen LogP contribution in [0.4, 0.5) is 0 Å². The first-order valence-corrected chi connectivity index (χ1v) is 5.58. The minimum Gasteiger partial charge on any atom is -0.491 e. The Hall–Kier alpha value is -1.06. The van der Waals surface area contributed by atoms with Gasteiger partial charge in [0, 0.05) is 6.54 Å². The summed E-state index contributed by atoms with van der Waals surface area (Å²) in [5.74, 6) is 0.868. The number of nitrogens with one attached hydrogen (secondary N) is 1. The Balaban J connectivity index is 2.66. The average molecular weight is 223 g/mol. The maximum Gasteiger partial charge on any atom is 0.122 e. The third-order valence-electron chi connectivity index (χ3n) is 2.64. The van der Waals surface area contributed by atoms with E-state index in [1.165, 1.54) is 11.1 Å². The van der Waals surface area contributed by atoms with Crippen LogP contribution in [0.3, 0.4) is 0 Å². The van der Waals surface area contributed by atoms with Crippen LogP contribution in [0, 0.1) is 20.8 Å². The Morgan fingerprint density at radius 3 is 2.62 bits per heavy atom. The molecule has 1 atom stereocenters. The van der Waals surface area contributed by atoms with Crippen LogP contribution in [-0.4, -0.2) is 31.4 Å². The largest absolute Gasteiger partial charge is 0.491 e. The van der Waals surface area contributed by atoms with Gasteiger partial charge in [-0.2, -0.15) is 0 Å². The minimum absolute atomic E-state index is 0.324. The summed E-state index contributed by atoms with van der Waals surface area (Å²) < 4.78 is 5.62. The molecular weight excluding hydrogens is 202 g/mol. The van der Waals surface area contributed by atoms with Gasteiger partial charge in [0.1, 0.15) is 18.5 Å². The molecule has 90 valence electrons. The van der Waals surface area contributed by atoms with Crippen molar-refractivity contribution < 1.29 is 9.84 Å². The SMILES string of the molecule is CNCC(O)COc1cc(C)cc(C)c1C. The number of aliphatic hydroxyl groups excluding tert-OH is 1. The van der Waals surface area contributed by atoms with E-state index in [2.05, 4.69) is 18.3 Å². The molecule has 3 nitrogen and oxygen atoms in total. The first kappa shape index (κ1) is 13.0. The lowest BCUT2D eigenvalue weighted by atomic mass is 10.1. The van der Waals surface area contributed by atoms with E-state index in [1.807, 2.05) is 27.0 Å². The summed E-state index contributed by atoms with van der Waals surface area (Å²) in [5, 5.41) is 12.5. The second kappa shape index (κ2) is 5.87. The highest BCUT2D eigenvalue weighted by atomic mass is 16.5. The van der Waals surface area contributed by atoms with E-state index >= 15 is 0 Å². The first-order valence-electron chi connectivity index (χ1n) is 5.58. The molecule has 0 aliphatic heterocycles. The highest BCUT2D eigenvalue weighted by Crippen LogP contribution is 2.23. The zero-order chi connectivity index (χ0) is 12.1. The highest BCUT2D eigenvalue weighted by Gasteiger charge is 2.07. The van der Waals surface area contributed by atoms with Crippen LogP contribution < -0.4 is 10.1 Å². The van der Waals surface area contributed by atoms with Crippen molar-refractivity contribution in [1.29, 1.82) is 0 Å². The number of hydrogen-bond acceptors (Lipinski definition) is 3. The number of rotatable bonds is 5. The molecule has 2 N–H and O–H groups in total. The van der Waals surface area contributed by atoms with Crippen LogP contribution in [0.25, 0.3) is 0 Å². The van der Waals surface area contributed by atoms with Crippen LogP contribution in [0.15, 0.2) is 12.1 Å². The molecule has 0 spiro atoms. The van der Waals surface area contributed by atoms with Gasteiger partial charge < -0.3 is 15.2 Å². The van der Waals surface area contributed by atoms with E-state index < -0.39 is 6.10 Å². The smallest absolute Gasteiger partial charge is 0.122 e. The fourth-order valence-electron chi connectivity index (χ4n) is 1.63. The number of likely N-dealkylation sites (N-methyl/N-ethyl adjacent to an activating group) is 1. The van der Waals surface area contributed by atoms with Gasteiger partial charge in [-0.3, -0.25) is 0 Å². The fourth-order valence-corrected chi connectivity index (χ4v) is 1.63. The van der Waals surface area contributed by atoms with Crippen molar-refractivity contribution in [2.45, 2.75) is 26.9 Å². The summed E-state index contributed by atoms with van der Waals surface area (Å²) in [6.45, 7) is 7.02. The van der Waals surface area contributed by atoms with Crippen molar-refractivity contribution >= 4 is 0 Å². The van der Waals surface area contributed by atoms with Crippen molar-refractivity contribution in [3.05, 3.63) is 28.8 Å². The number of benzene rings is 1. The predicted molar refractivity (Wildman–Crippen MR) is 66.1 cm³/mol. The van der Waals surface area contributed by atoms with Crippen LogP contribution in [-0.2, 0) is 0 Å². The van der Waals surface area contributed by atoms with Crippen molar-refractivity contribution in [3.63, 3.8) is 0 Å². The zero-order valence-electron chi connectivity index (χ0n) is 10.5. The third kappa shape index (κ3) is 3.51. The standard InChI is InChI=1S/C13H21NO2/c1-9-5-10(2)11(3)13(6-9)16-8-12(15)7-14-4/h5-6,12,14-15H,7-8H2,1-4H3. The zero-order valence-corrected chi connectivity index (χ0v) is 10.5. The summed E-state index contributed by atoms with van der Waals surface area (Å²) >= 11 is 0. The van der Waals surface area contributed by atoms with Gasteiger partial charge in [0.25, 0.3) is 0 Å². The van der Waals surface area contributed by atoms with Gasteiger partial charge in [0.2, 0.25) is 0 Å². The lowest BCUT2D eigenvalue weighted by Gasteiger charge is -2.15. The summed E-state index contributed by atoms with van der Waals surface area (Å²) in [6, 6.07) is 4.14. The molecule has 0 fully saturated rings. The lowest BCUT2D eigenvalue weighted by molar-refractivity contribution is 0.108. The van der Waals surface area contributed by atoms with Gasteiger partial charge in [-0.05, 0) is 50.6 Å². The first-order chi connectivity index (χ1) is 7.54. The molecule has 1 aromatic carbocycles. The predicted octanol–water partition coefficient (Wildman–Crippen LogP) is 1.57. The van der Waals surface area contributed by atoms with Crippen LogP contribution in [0.5, 0.6) is 5.75 Å². The van der Waals surface area contributed by atoms with Gasteiger partial charge in [-0.25, -0.2) is 0 Å². The summed E-state index contributed by atoms with van der Waals surface area (Å²) in [5.41, 5.74) is 3.54. The monoisotopic (exact) mass is 223 g/mol. The molecule has 1 aromatic rings. The number of hydrogen-bond donors (Lipinski definition) is 2. The maximum atomic E-state index is 9.55. The van der Waals surface area contributed by atoms with Gasteiger partial charge in [-0.15, -0.1) is 0 Å². The van der Waals surface area contributed by atoms with Crippen LogP contribution >= 0.6 is 0 Å². The van der Waals surface area contributed by atoms with Crippen LogP contribution in [0.1, 0.15) is 16.7 Å². The van der Waals surface area contributed by atoms with Crippen molar-refractivity contribution in [1.82, 2.24) is 5.32 Å². The molecule has 0 saturated heterocycles. The molecule has 0 aliphatic carbocycles. The Kier molecular flexibility index (Phi) is 4.77. The number of aryl methyl sites for hydroxylation is 2. The molecule has 3 heteroatoms. The highest BCUT2D eigenvalue weighted by molar-refractivity contribution is 5.41. The molecule has 0 amide bonds. The van der Waals surface area contributed by atoms with Gasteiger partial charge >= 0.3 is 0 Å². The van der Waals surface area contributed by atoms with Gasteiger partial charge in [0.15, 0.2) is 0 Å². The van der Waals surface area contributed by atoms with E-state index in [4.69, 9.17) is 4.74 Å². The fraction of sp³-hybridized carbons (Fsp3) is 0.538. The third-order valence-corrected chi connectivity index (χ3v) is 2.64. The molecule has 0 saturated carbocycles. The molecular formula is C13H21NO2. The van der Waals surface area contributed by atoms with Crippen molar-refractivity contribution in [2.75, 3.05) is 20.2 Å². The van der Waals surface area contributed by atoms with Crippen molar-refractivity contribution in [3.8, 4) is 5.75 Å². The Labute approximate surface area is 97.4 Å². The molecule has 0 radical (unpaired) electrons. The number of aliphatic hydroxyl groups is 1. The van der Waals surface area contributed by atoms with E-state index in [0.29, 0.717) is 13.2 Å². The molecule has 1 rings (SSSR count). The molecule has 0 bridgehead atoms. The Bertz CT molecular complexity index is 350. The van der Waals surface area contributed by atoms with E-state index in [0.717, 1.165) is 11.3 Å². The molecule has 0 aliphatic rings. The second-order valence-corrected chi connectivity index (χ2v) is 4.23. The average Bonchev–Trinajstić information content (AvgIpc) is 2.21. The molecule has 1 unspecified atom stereocenters. The maximum absolute atomic E-state index is 9.55. The number of ether oxygens (including phenoxy) is 1. The molecule has 0 heterocycles. The Morgan fingerprint density at radius 2 is 2.00 bits per heavy atom. The molecule has 16 heavy (non-hydrogen) atoms. The van der Waals surface area contributed by atoms with E-state index in [9.17, 15) is 5.11 Å². The van der Waals surface area contributed by atoms with Gasteiger partial charge in [0.05, 0.1) is 0 Å². The van der Waals surface area contributed by atoms with Crippen LogP contribution in [0.2, 0.25) is 0 Å². The van der Waals surface area contributed by atoms with E-state index in [1.54, 1.807) is 0 Å². The summed E-state index contributed by atoms with van der Waals surface area (Å²) in [4.78, 5) is 0. The summed E-state index contributed by atoms with van der Waals surface area (Å²) in [7, 11) is 1.81. The lowest BCUT2D eigenvalue weighted by Crippen LogP contribution is -2.29. The Morgan fingerprint density at radius 1 is 1.31 bits per heavy atom. The second-order valence-electron chi connectivity index (χ2n) is 4.23. The topological polar surface area (TPSA) is 41.5 Å². The molecule has 0 aromatic heterocycles. The quantitative estimate of drug-likeness (QED) is 0.796.